The van der Waals surface area contributed by atoms with E-state index in [1.807, 2.05) is 6.07 Å². The number of aryl methyl sites for hydroxylation is 1. The molecule has 1 aliphatic heterocycles. The summed E-state index contributed by atoms with van der Waals surface area (Å²) < 4.78 is 5.30. The largest absolute Gasteiger partial charge is 0.393 e. The molecule has 0 spiro atoms. The molecular formula is C14H20O2. The maximum atomic E-state index is 10.1. The Hall–Kier alpha value is -0.860. The van der Waals surface area contributed by atoms with Crippen molar-refractivity contribution in [1.29, 1.82) is 0 Å². The van der Waals surface area contributed by atoms with Gasteiger partial charge in [0.1, 0.15) is 0 Å². The van der Waals surface area contributed by atoms with E-state index in [0.29, 0.717) is 5.92 Å². The molecule has 1 atom stereocenters. The zero-order chi connectivity index (χ0) is 11.2. The van der Waals surface area contributed by atoms with Gasteiger partial charge in [0.15, 0.2) is 0 Å². The van der Waals surface area contributed by atoms with E-state index >= 15 is 0 Å². The van der Waals surface area contributed by atoms with Crippen LogP contribution in [-0.4, -0.2) is 24.4 Å². The predicted molar refractivity (Wildman–Crippen MR) is 64.3 cm³/mol. The van der Waals surface area contributed by atoms with Gasteiger partial charge in [-0.15, -0.1) is 0 Å². The van der Waals surface area contributed by atoms with Crippen molar-refractivity contribution in [1.82, 2.24) is 0 Å². The van der Waals surface area contributed by atoms with Gasteiger partial charge < -0.3 is 9.84 Å². The van der Waals surface area contributed by atoms with Gasteiger partial charge in [-0.3, -0.25) is 0 Å². The Morgan fingerprint density at radius 2 is 1.88 bits per heavy atom. The number of aliphatic hydroxyl groups is 1. The molecule has 0 bridgehead atoms. The van der Waals surface area contributed by atoms with Crippen molar-refractivity contribution in [3.63, 3.8) is 0 Å². The van der Waals surface area contributed by atoms with E-state index in [-0.39, 0.29) is 6.10 Å². The smallest absolute Gasteiger partial charge is 0.0573 e. The first-order valence-corrected chi connectivity index (χ1v) is 6.16. The zero-order valence-corrected chi connectivity index (χ0v) is 9.64. The van der Waals surface area contributed by atoms with Gasteiger partial charge in [-0.05, 0) is 37.2 Å². The second-order valence-corrected chi connectivity index (χ2v) is 4.54. The van der Waals surface area contributed by atoms with Crippen LogP contribution in [0.15, 0.2) is 30.3 Å². The van der Waals surface area contributed by atoms with Crippen LogP contribution in [-0.2, 0) is 11.2 Å². The van der Waals surface area contributed by atoms with E-state index in [2.05, 4.69) is 24.3 Å². The average Bonchev–Trinajstić information content (AvgIpc) is 2.38. The van der Waals surface area contributed by atoms with Gasteiger partial charge in [-0.1, -0.05) is 30.3 Å². The molecule has 1 aromatic rings. The van der Waals surface area contributed by atoms with Gasteiger partial charge in [0.05, 0.1) is 6.10 Å². The highest BCUT2D eigenvalue weighted by atomic mass is 16.5. The quantitative estimate of drug-likeness (QED) is 0.844. The molecule has 2 heteroatoms. The highest BCUT2D eigenvalue weighted by Crippen LogP contribution is 2.21. The Kier molecular flexibility index (Phi) is 4.37. The van der Waals surface area contributed by atoms with Crippen LogP contribution in [0.5, 0.6) is 0 Å². The highest BCUT2D eigenvalue weighted by Gasteiger charge is 2.21. The van der Waals surface area contributed by atoms with E-state index in [0.717, 1.165) is 38.9 Å². The summed E-state index contributed by atoms with van der Waals surface area (Å²) in [5, 5.41) is 10.1. The fourth-order valence-electron chi connectivity index (χ4n) is 2.30. The fourth-order valence-corrected chi connectivity index (χ4v) is 2.30. The highest BCUT2D eigenvalue weighted by molar-refractivity contribution is 5.14. The molecule has 0 radical (unpaired) electrons. The molecule has 0 saturated carbocycles. The molecule has 0 aromatic heterocycles. The summed E-state index contributed by atoms with van der Waals surface area (Å²) in [4.78, 5) is 0. The molecule has 1 unspecified atom stereocenters. The minimum atomic E-state index is -0.163. The molecule has 0 amide bonds. The van der Waals surface area contributed by atoms with Gasteiger partial charge in [-0.25, -0.2) is 0 Å². The summed E-state index contributed by atoms with van der Waals surface area (Å²) in [5.41, 5.74) is 1.31. The molecule has 1 aliphatic rings. The minimum absolute atomic E-state index is 0.163. The average molecular weight is 220 g/mol. The van der Waals surface area contributed by atoms with Crippen molar-refractivity contribution >= 4 is 0 Å². The summed E-state index contributed by atoms with van der Waals surface area (Å²) in [6, 6.07) is 10.4. The maximum Gasteiger partial charge on any atom is 0.0573 e. The molecule has 1 fully saturated rings. The van der Waals surface area contributed by atoms with Crippen LogP contribution in [0.2, 0.25) is 0 Å². The Balaban J connectivity index is 1.76. The van der Waals surface area contributed by atoms with Crippen molar-refractivity contribution in [3.05, 3.63) is 35.9 Å². The van der Waals surface area contributed by atoms with Crippen LogP contribution in [0, 0.1) is 5.92 Å². The Morgan fingerprint density at radius 1 is 1.19 bits per heavy atom. The van der Waals surface area contributed by atoms with Crippen molar-refractivity contribution in [3.8, 4) is 0 Å². The summed E-state index contributed by atoms with van der Waals surface area (Å²) in [7, 11) is 0. The lowest BCUT2D eigenvalue weighted by molar-refractivity contribution is 0.00516. The lowest BCUT2D eigenvalue weighted by Crippen LogP contribution is -2.27. The zero-order valence-electron chi connectivity index (χ0n) is 9.64. The van der Waals surface area contributed by atoms with Gasteiger partial charge in [0, 0.05) is 13.2 Å². The third kappa shape index (κ3) is 3.32. The molecule has 1 saturated heterocycles. The van der Waals surface area contributed by atoms with Crippen LogP contribution in [0.25, 0.3) is 0 Å². The molecular weight excluding hydrogens is 200 g/mol. The van der Waals surface area contributed by atoms with Crippen LogP contribution in [0.1, 0.15) is 24.8 Å². The molecule has 1 aromatic carbocycles. The summed E-state index contributed by atoms with van der Waals surface area (Å²) >= 11 is 0. The SMILES string of the molecule is OC(CCc1ccccc1)C1CCOCC1. The van der Waals surface area contributed by atoms with Gasteiger partial charge in [0.2, 0.25) is 0 Å². The molecule has 88 valence electrons. The van der Waals surface area contributed by atoms with Gasteiger partial charge >= 0.3 is 0 Å². The monoisotopic (exact) mass is 220 g/mol. The fraction of sp³-hybridized carbons (Fsp3) is 0.571. The number of hydrogen-bond donors (Lipinski definition) is 1. The number of benzene rings is 1. The van der Waals surface area contributed by atoms with Crippen LogP contribution < -0.4 is 0 Å². The van der Waals surface area contributed by atoms with E-state index < -0.39 is 0 Å². The summed E-state index contributed by atoms with van der Waals surface area (Å²) in [6.07, 6.45) is 3.70. The van der Waals surface area contributed by atoms with Crippen molar-refractivity contribution in [2.45, 2.75) is 31.8 Å². The van der Waals surface area contributed by atoms with Crippen molar-refractivity contribution < 1.29 is 9.84 Å². The number of aliphatic hydroxyl groups excluding tert-OH is 1. The van der Waals surface area contributed by atoms with Crippen LogP contribution in [0.3, 0.4) is 0 Å². The standard InChI is InChI=1S/C14H20O2/c15-14(13-8-10-16-11-9-13)7-6-12-4-2-1-3-5-12/h1-5,13-15H,6-11H2. The first-order valence-electron chi connectivity index (χ1n) is 6.16. The van der Waals surface area contributed by atoms with E-state index in [1.54, 1.807) is 0 Å². The first-order chi connectivity index (χ1) is 7.86. The topological polar surface area (TPSA) is 29.5 Å². The maximum absolute atomic E-state index is 10.1. The predicted octanol–water partition coefficient (Wildman–Crippen LogP) is 2.41. The second-order valence-electron chi connectivity index (χ2n) is 4.54. The van der Waals surface area contributed by atoms with Crippen molar-refractivity contribution in [2.24, 2.45) is 5.92 Å². The molecule has 2 nitrogen and oxygen atoms in total. The minimum Gasteiger partial charge on any atom is -0.393 e. The van der Waals surface area contributed by atoms with E-state index in [9.17, 15) is 5.11 Å². The molecule has 1 heterocycles. The third-order valence-electron chi connectivity index (χ3n) is 3.38. The van der Waals surface area contributed by atoms with Gasteiger partial charge in [0.25, 0.3) is 0 Å². The first kappa shape index (κ1) is 11.6. The Morgan fingerprint density at radius 3 is 2.56 bits per heavy atom. The summed E-state index contributed by atoms with van der Waals surface area (Å²) in [6.45, 7) is 1.63. The summed E-state index contributed by atoms with van der Waals surface area (Å²) in [5.74, 6) is 0.442. The molecule has 16 heavy (non-hydrogen) atoms. The normalized spacial score (nSPS) is 19.6. The van der Waals surface area contributed by atoms with Crippen molar-refractivity contribution in [2.75, 3.05) is 13.2 Å². The van der Waals surface area contributed by atoms with E-state index in [4.69, 9.17) is 4.74 Å². The number of ether oxygens (including phenoxy) is 1. The lowest BCUT2D eigenvalue weighted by Gasteiger charge is -2.26. The number of rotatable bonds is 4. The lowest BCUT2D eigenvalue weighted by atomic mass is 9.90. The molecule has 1 N–H and O–H groups in total. The molecule has 2 rings (SSSR count). The van der Waals surface area contributed by atoms with Gasteiger partial charge in [-0.2, -0.15) is 0 Å². The third-order valence-corrected chi connectivity index (χ3v) is 3.38. The Bertz CT molecular complexity index is 291. The molecule has 0 aliphatic carbocycles. The number of hydrogen-bond acceptors (Lipinski definition) is 2. The Labute approximate surface area is 97.3 Å². The second kappa shape index (κ2) is 6.02. The van der Waals surface area contributed by atoms with Crippen LogP contribution >= 0.6 is 0 Å². The van der Waals surface area contributed by atoms with Crippen LogP contribution in [0.4, 0.5) is 0 Å². The van der Waals surface area contributed by atoms with E-state index in [1.165, 1.54) is 5.56 Å².